The van der Waals surface area contributed by atoms with Gasteiger partial charge in [0.2, 0.25) is 11.8 Å². The molecule has 2 aromatic rings. The molecule has 1 N–H and O–H groups in total. The van der Waals surface area contributed by atoms with Crippen LogP contribution in [0.15, 0.2) is 34.5 Å². The van der Waals surface area contributed by atoms with Gasteiger partial charge in [-0.1, -0.05) is 13.8 Å². The monoisotopic (exact) mass is 493 g/mol. The number of hydrogen-bond donors (Lipinski definition) is 1. The molecule has 0 saturated carbocycles. The van der Waals surface area contributed by atoms with Crippen LogP contribution in [0.2, 0.25) is 0 Å². The van der Waals surface area contributed by atoms with Crippen molar-refractivity contribution in [3.63, 3.8) is 0 Å². The van der Waals surface area contributed by atoms with Crippen LogP contribution in [-0.2, 0) is 26.2 Å². The Morgan fingerprint density at radius 3 is 2.61 bits per heavy atom. The molecule has 2 amide bonds. The Morgan fingerprint density at radius 2 is 1.88 bits per heavy atom. The molecule has 178 valence electrons. The number of fused-ring (bicyclic) bond motifs is 1. The smallest absolute Gasteiger partial charge is 0.252 e. The van der Waals surface area contributed by atoms with Gasteiger partial charge in [0.05, 0.1) is 12.5 Å². The van der Waals surface area contributed by atoms with E-state index in [1.165, 1.54) is 4.31 Å². The zero-order valence-electron chi connectivity index (χ0n) is 18.6. The zero-order valence-corrected chi connectivity index (χ0v) is 20.2. The van der Waals surface area contributed by atoms with Crippen LogP contribution >= 0.6 is 11.3 Å². The van der Waals surface area contributed by atoms with Crippen molar-refractivity contribution in [2.24, 2.45) is 5.92 Å². The first-order valence-electron chi connectivity index (χ1n) is 10.9. The number of ether oxygens (including phenoxy) is 2. The Balaban J connectivity index is 1.36. The largest absolute Gasteiger partial charge is 0.486 e. The van der Waals surface area contributed by atoms with Crippen molar-refractivity contribution < 1.29 is 27.5 Å². The highest BCUT2D eigenvalue weighted by atomic mass is 32.2. The summed E-state index contributed by atoms with van der Waals surface area (Å²) in [6.45, 7) is 5.83. The van der Waals surface area contributed by atoms with Crippen LogP contribution < -0.4 is 19.7 Å². The molecule has 33 heavy (non-hydrogen) atoms. The number of hydrogen-bond acceptors (Lipinski definition) is 7. The van der Waals surface area contributed by atoms with E-state index < -0.39 is 15.9 Å². The van der Waals surface area contributed by atoms with E-state index in [4.69, 9.17) is 9.47 Å². The molecule has 1 fully saturated rings. The van der Waals surface area contributed by atoms with Crippen molar-refractivity contribution in [1.29, 1.82) is 0 Å². The van der Waals surface area contributed by atoms with E-state index in [1.807, 2.05) is 0 Å². The molecule has 11 heteroatoms. The van der Waals surface area contributed by atoms with Crippen LogP contribution in [0.25, 0.3) is 0 Å². The standard InChI is InChI=1S/C22H27N3O6S2/c1-3-24(4-2)33(28,29)21-8-6-17(32-21)13-23-22(27)15-11-20(26)25(14-15)16-5-7-18-19(12-16)31-10-9-30-18/h5-8,12,15H,3-4,9-11,13-14H2,1-2H3,(H,23,27). The second-order valence-electron chi connectivity index (χ2n) is 7.76. The lowest BCUT2D eigenvalue weighted by molar-refractivity contribution is -0.126. The minimum absolute atomic E-state index is 0.117. The highest BCUT2D eigenvalue weighted by Crippen LogP contribution is 2.36. The predicted octanol–water partition coefficient (Wildman–Crippen LogP) is 2.22. The average Bonchev–Trinajstić information content (AvgIpc) is 3.45. The summed E-state index contributed by atoms with van der Waals surface area (Å²) < 4.78 is 38.0. The molecule has 3 heterocycles. The van der Waals surface area contributed by atoms with E-state index in [0.29, 0.717) is 43.5 Å². The van der Waals surface area contributed by atoms with Crippen molar-refractivity contribution in [1.82, 2.24) is 9.62 Å². The normalized spacial score (nSPS) is 18.1. The van der Waals surface area contributed by atoms with Crippen molar-refractivity contribution in [3.8, 4) is 11.5 Å². The molecule has 1 unspecified atom stereocenters. The minimum Gasteiger partial charge on any atom is -0.486 e. The molecule has 1 aromatic carbocycles. The van der Waals surface area contributed by atoms with Crippen molar-refractivity contribution in [3.05, 3.63) is 35.2 Å². The van der Waals surface area contributed by atoms with E-state index in [-0.39, 0.29) is 35.5 Å². The summed E-state index contributed by atoms with van der Waals surface area (Å²) in [5, 5.41) is 2.84. The van der Waals surface area contributed by atoms with Gasteiger partial charge in [-0.3, -0.25) is 9.59 Å². The lowest BCUT2D eigenvalue weighted by atomic mass is 10.1. The van der Waals surface area contributed by atoms with Gasteiger partial charge in [-0.05, 0) is 24.3 Å². The first kappa shape index (κ1) is 23.5. The van der Waals surface area contributed by atoms with E-state index in [9.17, 15) is 18.0 Å². The van der Waals surface area contributed by atoms with Crippen LogP contribution in [0.3, 0.4) is 0 Å². The summed E-state index contributed by atoms with van der Waals surface area (Å²) in [5.41, 5.74) is 0.670. The highest BCUT2D eigenvalue weighted by Gasteiger charge is 2.35. The molecule has 1 saturated heterocycles. The van der Waals surface area contributed by atoms with Crippen LogP contribution in [0.5, 0.6) is 11.5 Å². The van der Waals surface area contributed by atoms with E-state index in [0.717, 1.165) is 16.2 Å². The Labute approximate surface area is 197 Å². The number of sulfonamides is 1. The first-order chi connectivity index (χ1) is 15.8. The summed E-state index contributed by atoms with van der Waals surface area (Å²) in [6.07, 6.45) is 0.117. The molecular formula is C22H27N3O6S2. The highest BCUT2D eigenvalue weighted by molar-refractivity contribution is 7.91. The average molecular weight is 494 g/mol. The Bertz CT molecular complexity index is 1140. The van der Waals surface area contributed by atoms with Crippen molar-refractivity contribution in [2.75, 3.05) is 37.7 Å². The maximum Gasteiger partial charge on any atom is 0.252 e. The third-order valence-electron chi connectivity index (χ3n) is 5.71. The lowest BCUT2D eigenvalue weighted by Crippen LogP contribution is -2.32. The van der Waals surface area contributed by atoms with Crippen LogP contribution in [0.1, 0.15) is 25.1 Å². The summed E-state index contributed by atoms with van der Waals surface area (Å²) in [7, 11) is -3.52. The van der Waals surface area contributed by atoms with Gasteiger partial charge in [0.1, 0.15) is 17.4 Å². The molecule has 9 nitrogen and oxygen atoms in total. The topological polar surface area (TPSA) is 105 Å². The molecule has 4 rings (SSSR count). The van der Waals surface area contributed by atoms with Crippen molar-refractivity contribution >= 4 is 38.9 Å². The quantitative estimate of drug-likeness (QED) is 0.605. The van der Waals surface area contributed by atoms with Gasteiger partial charge in [0, 0.05) is 42.7 Å². The second kappa shape index (κ2) is 9.70. The summed E-state index contributed by atoms with van der Waals surface area (Å²) in [4.78, 5) is 27.6. The number of thiophene rings is 1. The fraction of sp³-hybridized carbons (Fsp3) is 0.455. The number of carbonyl (C=O) groups excluding carboxylic acids is 2. The molecule has 0 aliphatic carbocycles. The minimum atomic E-state index is -3.52. The molecule has 0 bridgehead atoms. The Kier molecular flexibility index (Phi) is 6.91. The van der Waals surface area contributed by atoms with Crippen LogP contribution in [0.4, 0.5) is 5.69 Å². The van der Waals surface area contributed by atoms with E-state index in [2.05, 4.69) is 5.32 Å². The maximum atomic E-state index is 12.7. The van der Waals surface area contributed by atoms with Gasteiger partial charge in [-0.2, -0.15) is 4.31 Å². The molecule has 0 radical (unpaired) electrons. The van der Waals surface area contributed by atoms with Gasteiger partial charge >= 0.3 is 0 Å². The first-order valence-corrected chi connectivity index (χ1v) is 13.2. The Hall–Kier alpha value is -2.63. The van der Waals surface area contributed by atoms with Gasteiger partial charge in [-0.15, -0.1) is 11.3 Å². The molecular weight excluding hydrogens is 466 g/mol. The zero-order chi connectivity index (χ0) is 23.6. The number of nitrogens with one attached hydrogen (secondary N) is 1. The number of rotatable bonds is 8. The fourth-order valence-electron chi connectivity index (χ4n) is 3.93. The maximum absolute atomic E-state index is 12.7. The number of carbonyl (C=O) groups is 2. The summed E-state index contributed by atoms with van der Waals surface area (Å²) in [6, 6.07) is 8.60. The van der Waals surface area contributed by atoms with Crippen molar-refractivity contribution in [2.45, 2.75) is 31.0 Å². The number of anilines is 1. The summed E-state index contributed by atoms with van der Waals surface area (Å²) in [5.74, 6) is 0.391. The molecule has 2 aliphatic heterocycles. The SMILES string of the molecule is CCN(CC)S(=O)(=O)c1ccc(CNC(=O)C2CC(=O)N(c3ccc4c(c3)OCCO4)C2)s1. The van der Waals surface area contributed by atoms with Gasteiger partial charge in [0.15, 0.2) is 11.5 Å². The summed E-state index contributed by atoms with van der Waals surface area (Å²) >= 11 is 1.15. The van der Waals surface area contributed by atoms with E-state index >= 15 is 0 Å². The number of benzene rings is 1. The molecule has 1 aromatic heterocycles. The molecule has 1 atom stereocenters. The fourth-order valence-corrected chi connectivity index (χ4v) is 6.84. The molecule has 2 aliphatic rings. The third kappa shape index (κ3) is 4.85. The van der Waals surface area contributed by atoms with Gasteiger partial charge < -0.3 is 19.7 Å². The second-order valence-corrected chi connectivity index (χ2v) is 11.1. The number of amides is 2. The number of nitrogens with zero attached hydrogens (tertiary/aromatic N) is 2. The van der Waals surface area contributed by atoms with Gasteiger partial charge in [-0.25, -0.2) is 8.42 Å². The van der Waals surface area contributed by atoms with E-state index in [1.54, 1.807) is 49.1 Å². The lowest BCUT2D eigenvalue weighted by Gasteiger charge is -2.22. The van der Waals surface area contributed by atoms with Crippen LogP contribution in [0, 0.1) is 5.92 Å². The predicted molar refractivity (Wildman–Crippen MR) is 124 cm³/mol. The van der Waals surface area contributed by atoms with Gasteiger partial charge in [0.25, 0.3) is 10.0 Å². The molecule has 0 spiro atoms. The Morgan fingerprint density at radius 1 is 1.15 bits per heavy atom. The van der Waals surface area contributed by atoms with Crippen LogP contribution in [-0.4, -0.2) is 57.4 Å². The third-order valence-corrected chi connectivity index (χ3v) is 9.31.